The Kier molecular flexibility index (Phi) is 3.84. The van der Waals surface area contributed by atoms with Gasteiger partial charge in [0.1, 0.15) is 5.52 Å². The number of nitrogens with two attached hydrogens (primary N) is 1. The molecule has 1 aromatic carbocycles. The first-order valence-electron chi connectivity index (χ1n) is 8.63. The van der Waals surface area contributed by atoms with E-state index in [2.05, 4.69) is 45.9 Å². The van der Waals surface area contributed by atoms with E-state index in [-0.39, 0.29) is 0 Å². The highest BCUT2D eigenvalue weighted by molar-refractivity contribution is 5.90. The molecule has 3 N–H and O–H groups in total. The van der Waals surface area contributed by atoms with Crippen LogP contribution in [0.25, 0.3) is 10.9 Å². The lowest BCUT2D eigenvalue weighted by Gasteiger charge is -2.26. The predicted octanol–water partition coefficient (Wildman–Crippen LogP) is 3.47. The number of nitrogens with one attached hydrogen (secondary N) is 1. The molecule has 0 aliphatic heterocycles. The topological polar surface area (TPSA) is 68.8 Å². The van der Waals surface area contributed by atoms with Crippen molar-refractivity contribution >= 4 is 22.4 Å². The number of benzene rings is 1. The molecule has 3 aromatic rings. The second kappa shape index (κ2) is 6.15. The Morgan fingerprint density at radius 2 is 2.12 bits per heavy atom. The SMILES string of the molecule is Cn1cc2c3c(nc(N)c2n1)CCCC3CCNc1ccccc1. The molecule has 0 bridgehead atoms. The van der Waals surface area contributed by atoms with Gasteiger partial charge in [0, 0.05) is 36.6 Å². The van der Waals surface area contributed by atoms with E-state index in [1.54, 1.807) is 0 Å². The molecule has 2 aromatic heterocycles. The van der Waals surface area contributed by atoms with Crippen molar-refractivity contribution in [3.63, 3.8) is 0 Å². The predicted molar refractivity (Wildman–Crippen MR) is 98.1 cm³/mol. The number of hydrogen-bond acceptors (Lipinski definition) is 4. The summed E-state index contributed by atoms with van der Waals surface area (Å²) in [6, 6.07) is 10.4. The molecule has 0 amide bonds. The first-order chi connectivity index (χ1) is 11.7. The Morgan fingerprint density at radius 1 is 1.29 bits per heavy atom. The van der Waals surface area contributed by atoms with Gasteiger partial charge in [-0.15, -0.1) is 0 Å². The molecule has 0 radical (unpaired) electrons. The van der Waals surface area contributed by atoms with Crippen LogP contribution in [0.3, 0.4) is 0 Å². The fraction of sp³-hybridized carbons (Fsp3) is 0.368. The standard InChI is InChI=1S/C19H23N5/c1-24-12-15-17-13(10-11-21-14-7-3-2-4-8-14)6-5-9-16(17)22-19(20)18(15)23-24/h2-4,7-8,12-13,21H,5-6,9-11H2,1H3,(H2,20,22). The Hall–Kier alpha value is -2.56. The molecular formula is C19H23N5. The van der Waals surface area contributed by atoms with Gasteiger partial charge < -0.3 is 11.1 Å². The van der Waals surface area contributed by atoms with Crippen LogP contribution in [-0.2, 0) is 13.5 Å². The molecule has 5 nitrogen and oxygen atoms in total. The van der Waals surface area contributed by atoms with Gasteiger partial charge in [0.15, 0.2) is 5.82 Å². The second-order valence-corrected chi connectivity index (χ2v) is 6.59. The summed E-state index contributed by atoms with van der Waals surface area (Å²) in [5.74, 6) is 1.08. The summed E-state index contributed by atoms with van der Waals surface area (Å²) in [7, 11) is 1.95. The van der Waals surface area contributed by atoms with Gasteiger partial charge in [0.05, 0.1) is 0 Å². The molecule has 1 atom stereocenters. The van der Waals surface area contributed by atoms with Crippen molar-refractivity contribution in [2.24, 2.45) is 7.05 Å². The van der Waals surface area contributed by atoms with Crippen LogP contribution in [0.15, 0.2) is 36.5 Å². The number of pyridine rings is 1. The average Bonchev–Trinajstić information content (AvgIpc) is 2.98. The lowest BCUT2D eigenvalue weighted by Crippen LogP contribution is -2.16. The van der Waals surface area contributed by atoms with Crippen molar-refractivity contribution in [3.05, 3.63) is 47.8 Å². The Balaban J connectivity index is 1.60. The molecule has 5 heteroatoms. The third kappa shape index (κ3) is 2.70. The molecule has 0 saturated carbocycles. The molecule has 24 heavy (non-hydrogen) atoms. The average molecular weight is 321 g/mol. The molecule has 124 valence electrons. The molecular weight excluding hydrogens is 298 g/mol. The van der Waals surface area contributed by atoms with Crippen LogP contribution in [0.5, 0.6) is 0 Å². The second-order valence-electron chi connectivity index (χ2n) is 6.59. The van der Waals surface area contributed by atoms with Gasteiger partial charge in [0.2, 0.25) is 0 Å². The van der Waals surface area contributed by atoms with Crippen LogP contribution >= 0.6 is 0 Å². The van der Waals surface area contributed by atoms with Gasteiger partial charge in [-0.05, 0) is 49.3 Å². The van der Waals surface area contributed by atoms with Gasteiger partial charge in [-0.2, -0.15) is 5.10 Å². The van der Waals surface area contributed by atoms with Crippen molar-refractivity contribution in [1.82, 2.24) is 14.8 Å². The van der Waals surface area contributed by atoms with Crippen molar-refractivity contribution in [3.8, 4) is 0 Å². The minimum atomic E-state index is 0.518. The minimum absolute atomic E-state index is 0.518. The quantitative estimate of drug-likeness (QED) is 0.772. The molecule has 4 rings (SSSR count). The lowest BCUT2D eigenvalue weighted by atomic mass is 9.82. The number of fused-ring (bicyclic) bond motifs is 3. The number of hydrogen-bond donors (Lipinski definition) is 2. The van der Waals surface area contributed by atoms with Crippen molar-refractivity contribution in [2.75, 3.05) is 17.6 Å². The normalized spacial score (nSPS) is 17.0. The highest BCUT2D eigenvalue weighted by Gasteiger charge is 2.25. The maximum absolute atomic E-state index is 6.12. The number of aromatic nitrogens is 3. The summed E-state index contributed by atoms with van der Waals surface area (Å²) in [5, 5.41) is 9.20. The molecule has 1 unspecified atom stereocenters. The molecule has 0 spiro atoms. The lowest BCUT2D eigenvalue weighted by molar-refractivity contribution is 0.528. The van der Waals surface area contributed by atoms with Gasteiger partial charge >= 0.3 is 0 Å². The summed E-state index contributed by atoms with van der Waals surface area (Å²) in [4.78, 5) is 4.65. The van der Waals surface area contributed by atoms with Crippen LogP contribution in [0.1, 0.15) is 36.4 Å². The van der Waals surface area contributed by atoms with Gasteiger partial charge in [-0.1, -0.05) is 18.2 Å². The first kappa shape index (κ1) is 15.0. The summed E-state index contributed by atoms with van der Waals surface area (Å²) >= 11 is 0. The Bertz CT molecular complexity index is 853. The van der Waals surface area contributed by atoms with E-state index in [0.29, 0.717) is 11.7 Å². The fourth-order valence-corrected chi connectivity index (χ4v) is 3.83. The molecule has 1 aliphatic rings. The number of rotatable bonds is 4. The van der Waals surface area contributed by atoms with E-state index in [1.165, 1.54) is 35.2 Å². The molecule has 0 saturated heterocycles. The van der Waals surface area contributed by atoms with Gasteiger partial charge in [-0.25, -0.2) is 4.98 Å². The maximum atomic E-state index is 6.12. The monoisotopic (exact) mass is 321 g/mol. The largest absolute Gasteiger partial charge is 0.385 e. The Labute approximate surface area is 141 Å². The van der Waals surface area contributed by atoms with Gasteiger partial charge in [0.25, 0.3) is 0 Å². The minimum Gasteiger partial charge on any atom is -0.385 e. The third-order valence-electron chi connectivity index (χ3n) is 4.90. The van der Waals surface area contributed by atoms with Crippen LogP contribution in [-0.4, -0.2) is 21.3 Å². The number of aryl methyl sites for hydroxylation is 2. The number of anilines is 2. The van der Waals surface area contributed by atoms with E-state index >= 15 is 0 Å². The number of nitrogens with zero attached hydrogens (tertiary/aromatic N) is 3. The summed E-state index contributed by atoms with van der Waals surface area (Å²) in [6.07, 6.45) is 6.60. The van der Waals surface area contributed by atoms with E-state index in [4.69, 9.17) is 5.73 Å². The smallest absolute Gasteiger partial charge is 0.152 e. The Morgan fingerprint density at radius 3 is 2.96 bits per heavy atom. The summed E-state index contributed by atoms with van der Waals surface area (Å²) < 4.78 is 1.84. The third-order valence-corrected chi connectivity index (χ3v) is 4.90. The fourth-order valence-electron chi connectivity index (χ4n) is 3.83. The highest BCUT2D eigenvalue weighted by Crippen LogP contribution is 2.38. The highest BCUT2D eigenvalue weighted by atomic mass is 15.3. The summed E-state index contributed by atoms with van der Waals surface area (Å²) in [6.45, 7) is 0.959. The van der Waals surface area contributed by atoms with Crippen molar-refractivity contribution < 1.29 is 0 Å². The number of nitrogen functional groups attached to an aromatic ring is 1. The van der Waals surface area contributed by atoms with E-state index in [1.807, 2.05) is 17.8 Å². The summed E-state index contributed by atoms with van der Waals surface area (Å²) in [5.41, 5.74) is 10.7. The number of para-hydroxylation sites is 1. The first-order valence-corrected chi connectivity index (χ1v) is 8.63. The van der Waals surface area contributed by atoms with Crippen LogP contribution < -0.4 is 11.1 Å². The van der Waals surface area contributed by atoms with E-state index in [0.717, 1.165) is 24.9 Å². The van der Waals surface area contributed by atoms with Crippen LogP contribution in [0.4, 0.5) is 11.5 Å². The maximum Gasteiger partial charge on any atom is 0.152 e. The van der Waals surface area contributed by atoms with Crippen molar-refractivity contribution in [2.45, 2.75) is 31.6 Å². The molecule has 2 heterocycles. The molecule has 0 fully saturated rings. The zero-order valence-corrected chi connectivity index (χ0v) is 14.0. The molecule has 1 aliphatic carbocycles. The van der Waals surface area contributed by atoms with E-state index in [9.17, 15) is 0 Å². The zero-order valence-electron chi connectivity index (χ0n) is 14.0. The van der Waals surface area contributed by atoms with Gasteiger partial charge in [-0.3, -0.25) is 4.68 Å². The van der Waals surface area contributed by atoms with Crippen LogP contribution in [0, 0.1) is 0 Å². The van der Waals surface area contributed by atoms with Crippen molar-refractivity contribution in [1.29, 1.82) is 0 Å². The zero-order chi connectivity index (χ0) is 16.5. The van der Waals surface area contributed by atoms with E-state index < -0.39 is 0 Å². The van der Waals surface area contributed by atoms with Crippen LogP contribution in [0.2, 0.25) is 0 Å².